The van der Waals surface area contributed by atoms with E-state index in [-0.39, 0.29) is 49.6 Å². The van der Waals surface area contributed by atoms with Crippen LogP contribution in [0.1, 0.15) is 0 Å². The molecule has 2 N–H and O–H groups in total. The van der Waals surface area contributed by atoms with Crippen LogP contribution >= 0.6 is 49.6 Å². The van der Waals surface area contributed by atoms with Gasteiger partial charge < -0.3 is 0 Å². The predicted molar refractivity (Wildman–Crippen MR) is 34.2 cm³/mol. The van der Waals surface area contributed by atoms with Gasteiger partial charge in [-0.15, -0.1) is 49.6 Å². The van der Waals surface area contributed by atoms with E-state index in [2.05, 4.69) is 0 Å². The first kappa shape index (κ1) is 60.5. The van der Waals surface area contributed by atoms with Crippen LogP contribution in [0.2, 0.25) is 0 Å². The zero-order chi connectivity index (χ0) is 2.00. The second kappa shape index (κ2) is 135. The lowest BCUT2D eigenvalue weighted by molar-refractivity contribution is -0.176. The Balaban J connectivity index is -0.000000000833. The summed E-state index contributed by atoms with van der Waals surface area (Å²) >= 11 is 0. The van der Waals surface area contributed by atoms with Crippen LogP contribution in [0.3, 0.4) is 0 Å². The molecule has 6 heteroatoms. The van der Waals surface area contributed by atoms with Crippen molar-refractivity contribution in [3.05, 3.63) is 0 Å². The third kappa shape index (κ3) is 72.5. The van der Waals surface area contributed by atoms with Gasteiger partial charge >= 0.3 is 0 Å². The van der Waals surface area contributed by atoms with Crippen molar-refractivity contribution >= 4 is 49.6 Å². The summed E-state index contributed by atoms with van der Waals surface area (Å²) in [5.74, 6) is 0. The molecule has 0 aromatic carbocycles. The van der Waals surface area contributed by atoms with Crippen LogP contribution < -0.4 is 0 Å². The highest BCUT2D eigenvalue weighted by Gasteiger charge is 0.745. The SMILES string of the molecule is Cl.Cl.Cl.Cl.OO. The normalized spacial score (nSPS) is 1.00. The Kier molecular flexibility index (Phi) is 1360. The quantitative estimate of drug-likeness (QED) is 0.439. The van der Waals surface area contributed by atoms with E-state index in [9.17, 15) is 0 Å². The lowest BCUT2D eigenvalue weighted by Crippen LogP contribution is -1.29. The lowest BCUT2D eigenvalue weighted by Gasteiger charge is -1.25. The maximum absolute atomic E-state index is 6.00. The van der Waals surface area contributed by atoms with E-state index in [0.29, 0.717) is 0 Å². The van der Waals surface area contributed by atoms with Gasteiger partial charge in [0.1, 0.15) is 0 Å². The van der Waals surface area contributed by atoms with Gasteiger partial charge in [0, 0.05) is 0 Å². The Bertz CT molecular complexity index is 5.51. The summed E-state index contributed by atoms with van der Waals surface area (Å²) in [6.45, 7) is 0. The molecule has 0 amide bonds. The summed E-state index contributed by atoms with van der Waals surface area (Å²) in [4.78, 5) is 0. The number of rotatable bonds is 0. The predicted octanol–water partition coefficient (Wildman–Crippen LogP) is 1.70. The van der Waals surface area contributed by atoms with E-state index in [1.54, 1.807) is 0 Å². The minimum Gasteiger partial charge on any atom is -0.255 e. The average molecular weight is 180 g/mol. The van der Waals surface area contributed by atoms with Gasteiger partial charge in [-0.1, -0.05) is 0 Å². The van der Waals surface area contributed by atoms with Crippen LogP contribution in [-0.2, 0) is 0 Å². The number of halogens is 4. The summed E-state index contributed by atoms with van der Waals surface area (Å²) in [5, 5.41) is 12.0. The minimum absolute atomic E-state index is 0. The first-order valence-corrected chi connectivity index (χ1v) is 0.200. The van der Waals surface area contributed by atoms with Crippen molar-refractivity contribution in [3.63, 3.8) is 0 Å². The van der Waals surface area contributed by atoms with E-state index in [4.69, 9.17) is 10.5 Å². The van der Waals surface area contributed by atoms with Crippen LogP contribution in [-0.4, -0.2) is 10.5 Å². The molecule has 2 nitrogen and oxygen atoms in total. The van der Waals surface area contributed by atoms with Gasteiger partial charge in [-0.3, -0.25) is 10.5 Å². The third-order valence-electron chi connectivity index (χ3n) is 0. The molecule has 6 heavy (non-hydrogen) atoms. The Morgan fingerprint density at radius 1 is 0.500 bits per heavy atom. The Labute approximate surface area is 60.5 Å². The Morgan fingerprint density at radius 2 is 0.500 bits per heavy atom. The number of hydrogen-bond acceptors (Lipinski definition) is 2. The molecular formula is H6Cl4O2. The zero-order valence-electron chi connectivity index (χ0n) is 2.53. The highest BCUT2D eigenvalue weighted by Crippen LogP contribution is 0.711. The van der Waals surface area contributed by atoms with E-state index in [0.717, 1.165) is 0 Å². The molecular weight excluding hydrogens is 174 g/mol. The summed E-state index contributed by atoms with van der Waals surface area (Å²) in [7, 11) is 0. The van der Waals surface area contributed by atoms with Crippen LogP contribution in [0.5, 0.6) is 0 Å². The second-order valence-corrected chi connectivity index (χ2v) is 0. The largest absolute Gasteiger partial charge is 0.255 e. The van der Waals surface area contributed by atoms with E-state index in [1.165, 1.54) is 0 Å². The molecule has 0 fully saturated rings. The molecule has 0 unspecified atom stereocenters. The van der Waals surface area contributed by atoms with Gasteiger partial charge in [-0.2, -0.15) is 0 Å². The van der Waals surface area contributed by atoms with E-state index in [1.807, 2.05) is 0 Å². The number of hydrogen-bond donors (Lipinski definition) is 2. The monoisotopic (exact) mass is 178 g/mol. The molecule has 0 aromatic rings. The van der Waals surface area contributed by atoms with Crippen LogP contribution in [0.4, 0.5) is 0 Å². The van der Waals surface area contributed by atoms with Gasteiger partial charge in [0.25, 0.3) is 0 Å². The van der Waals surface area contributed by atoms with Crippen molar-refractivity contribution in [1.82, 2.24) is 0 Å². The summed E-state index contributed by atoms with van der Waals surface area (Å²) in [5.41, 5.74) is 0. The standard InChI is InChI=1S/4ClH.H2O2/c;;;;1-2/h4*1H;1-2H. The highest BCUT2D eigenvalue weighted by molar-refractivity contribution is 5.86. The van der Waals surface area contributed by atoms with Gasteiger partial charge in [0.15, 0.2) is 0 Å². The lowest BCUT2D eigenvalue weighted by atomic mass is 15.0. The fourth-order valence-electron chi connectivity index (χ4n) is 0. The van der Waals surface area contributed by atoms with Gasteiger partial charge in [0.2, 0.25) is 0 Å². The highest BCUT2D eigenvalue weighted by atomic mass is 35.5. The first-order chi connectivity index (χ1) is 1.00. The smallest absolute Gasteiger partial charge is 0.147 e. The second-order valence-electron chi connectivity index (χ2n) is 0. The molecule has 0 atom stereocenters. The van der Waals surface area contributed by atoms with Crippen molar-refractivity contribution in [2.75, 3.05) is 0 Å². The molecule has 0 spiro atoms. The molecule has 46 valence electrons. The van der Waals surface area contributed by atoms with Gasteiger partial charge in [-0.25, -0.2) is 0 Å². The molecule has 0 bridgehead atoms. The van der Waals surface area contributed by atoms with Crippen LogP contribution in [0.25, 0.3) is 0 Å². The molecule has 0 aliphatic carbocycles. The molecule has 0 rings (SSSR count). The Morgan fingerprint density at radius 3 is 0.500 bits per heavy atom. The van der Waals surface area contributed by atoms with Gasteiger partial charge in [0.05, 0.1) is 0 Å². The topological polar surface area (TPSA) is 40.5 Å². The Hall–Kier alpha value is 1.08. The molecule has 0 aromatic heterocycles. The molecule has 0 aliphatic heterocycles. The minimum atomic E-state index is 0. The summed E-state index contributed by atoms with van der Waals surface area (Å²) < 4.78 is 0. The summed E-state index contributed by atoms with van der Waals surface area (Å²) in [6.07, 6.45) is 0. The van der Waals surface area contributed by atoms with Crippen molar-refractivity contribution in [2.45, 2.75) is 0 Å². The fourth-order valence-corrected chi connectivity index (χ4v) is 0. The molecule has 0 radical (unpaired) electrons. The first-order valence-electron chi connectivity index (χ1n) is 0.200. The molecule has 0 saturated heterocycles. The fraction of sp³-hybridized carbons (Fsp3) is 0. The average Bonchev–Trinajstić information content (AvgIpc) is 1.00. The maximum Gasteiger partial charge on any atom is -0.147 e. The molecule has 0 heterocycles. The van der Waals surface area contributed by atoms with E-state index >= 15 is 0 Å². The molecule has 0 saturated carbocycles. The van der Waals surface area contributed by atoms with Crippen molar-refractivity contribution < 1.29 is 10.5 Å². The van der Waals surface area contributed by atoms with Gasteiger partial charge in [-0.05, 0) is 0 Å². The summed E-state index contributed by atoms with van der Waals surface area (Å²) in [6, 6.07) is 0. The van der Waals surface area contributed by atoms with Crippen molar-refractivity contribution in [1.29, 1.82) is 0 Å². The van der Waals surface area contributed by atoms with Crippen LogP contribution in [0.15, 0.2) is 0 Å². The third-order valence-corrected chi connectivity index (χ3v) is 0. The maximum atomic E-state index is 6.00. The molecule has 0 aliphatic rings. The van der Waals surface area contributed by atoms with E-state index < -0.39 is 0 Å². The van der Waals surface area contributed by atoms with Crippen molar-refractivity contribution in [3.8, 4) is 0 Å². The zero-order valence-corrected chi connectivity index (χ0v) is 5.79. The van der Waals surface area contributed by atoms with Crippen LogP contribution in [0, 0.1) is 0 Å². The van der Waals surface area contributed by atoms with Crippen molar-refractivity contribution in [2.24, 2.45) is 0 Å².